The van der Waals surface area contributed by atoms with Gasteiger partial charge in [-0.05, 0) is 36.9 Å². The highest BCUT2D eigenvalue weighted by Gasteiger charge is 2.08. The van der Waals surface area contributed by atoms with Crippen LogP contribution in [0.4, 0.5) is 0 Å². The van der Waals surface area contributed by atoms with Crippen molar-refractivity contribution in [1.29, 1.82) is 0 Å². The molecule has 1 aromatic heterocycles. The third-order valence-electron chi connectivity index (χ3n) is 3.63. The Hall–Kier alpha value is -2.52. The molecule has 4 heteroatoms. The van der Waals surface area contributed by atoms with E-state index in [0.29, 0.717) is 5.02 Å². The minimum Gasteiger partial charge on any atom is -0.381 e. The molecule has 116 valence electrons. The molecule has 1 unspecified atom stereocenters. The van der Waals surface area contributed by atoms with Gasteiger partial charge in [-0.25, -0.2) is 4.98 Å². The average Bonchev–Trinajstić information content (AvgIpc) is 2.91. The molecule has 0 saturated heterocycles. The summed E-state index contributed by atoms with van der Waals surface area (Å²) in [5, 5.41) is 3.92. The van der Waals surface area contributed by atoms with Crippen LogP contribution in [-0.4, -0.2) is 16.0 Å². The van der Waals surface area contributed by atoms with Gasteiger partial charge in [-0.3, -0.25) is 0 Å². The maximum atomic E-state index is 6.42. The van der Waals surface area contributed by atoms with Gasteiger partial charge in [0.05, 0.1) is 22.1 Å². The number of fused-ring (bicyclic) bond motifs is 1. The van der Waals surface area contributed by atoms with Crippen molar-refractivity contribution in [1.82, 2.24) is 15.3 Å². The van der Waals surface area contributed by atoms with Crippen molar-refractivity contribution in [3.8, 4) is 0 Å². The average molecular weight is 324 g/mol. The van der Waals surface area contributed by atoms with Gasteiger partial charge in [0.1, 0.15) is 5.82 Å². The Morgan fingerprint density at radius 2 is 2.22 bits per heavy atom. The van der Waals surface area contributed by atoms with E-state index in [1.807, 2.05) is 49.6 Å². The number of nitrogens with zero attached hydrogens (tertiary/aromatic N) is 1. The molecule has 1 aliphatic heterocycles. The molecular weight excluding hydrogens is 306 g/mol. The number of hydrogen-bond donors (Lipinski definition) is 2. The van der Waals surface area contributed by atoms with Crippen molar-refractivity contribution >= 4 is 28.2 Å². The zero-order chi connectivity index (χ0) is 16.2. The number of allylic oxidation sites excluding steroid dienone is 6. The minimum absolute atomic E-state index is 0.203. The number of H-pyrrole nitrogens is 1. The molecule has 0 aliphatic carbocycles. The van der Waals surface area contributed by atoms with E-state index in [0.717, 1.165) is 28.0 Å². The summed E-state index contributed by atoms with van der Waals surface area (Å²) >= 11 is 6.42. The van der Waals surface area contributed by atoms with E-state index in [-0.39, 0.29) is 6.04 Å². The lowest BCUT2D eigenvalue weighted by Crippen LogP contribution is -2.20. The fourth-order valence-corrected chi connectivity index (χ4v) is 2.78. The van der Waals surface area contributed by atoms with Crippen molar-refractivity contribution in [3.63, 3.8) is 0 Å². The van der Waals surface area contributed by atoms with Crippen LogP contribution >= 0.6 is 11.6 Å². The van der Waals surface area contributed by atoms with Gasteiger partial charge in [0.15, 0.2) is 0 Å². The van der Waals surface area contributed by atoms with Crippen LogP contribution < -0.4 is 5.32 Å². The molecule has 0 amide bonds. The molecule has 3 nitrogen and oxygen atoms in total. The van der Waals surface area contributed by atoms with E-state index >= 15 is 0 Å². The molecule has 2 N–H and O–H groups in total. The topological polar surface area (TPSA) is 40.7 Å². The monoisotopic (exact) mass is 323 g/mol. The number of aromatic amines is 1. The van der Waals surface area contributed by atoms with Crippen LogP contribution in [0.2, 0.25) is 5.02 Å². The molecular formula is C19H18ClN3. The van der Waals surface area contributed by atoms with Gasteiger partial charge in [-0.1, -0.05) is 54.6 Å². The second-order valence-electron chi connectivity index (χ2n) is 5.32. The predicted octanol–water partition coefficient (Wildman–Crippen LogP) is 4.69. The smallest absolute Gasteiger partial charge is 0.104 e. The standard InChI is InChI=1S/C19H18ClN3/c1-3-14(7-6-9-15-8-4-5-10-21-15)16-11-18-19(12-17(16)20)23-13(2)22-18/h3-12,15,21H,1H2,2H3,(H,22,23)/b9-6+,14-7+. The highest BCUT2D eigenvalue weighted by atomic mass is 35.5. The molecule has 1 aliphatic rings. The van der Waals surface area contributed by atoms with Crippen molar-refractivity contribution in [2.75, 3.05) is 0 Å². The number of benzene rings is 1. The van der Waals surface area contributed by atoms with Gasteiger partial charge in [0.25, 0.3) is 0 Å². The Labute approximate surface area is 140 Å². The summed E-state index contributed by atoms with van der Waals surface area (Å²) in [6.07, 6.45) is 15.9. The van der Waals surface area contributed by atoms with E-state index in [2.05, 4.69) is 34.0 Å². The number of aryl methyl sites for hydroxylation is 1. The third kappa shape index (κ3) is 3.46. The zero-order valence-electron chi connectivity index (χ0n) is 12.9. The first-order valence-corrected chi connectivity index (χ1v) is 7.82. The summed E-state index contributed by atoms with van der Waals surface area (Å²) in [4.78, 5) is 7.66. The van der Waals surface area contributed by atoms with Crippen LogP contribution in [-0.2, 0) is 0 Å². The molecule has 1 atom stereocenters. The molecule has 0 spiro atoms. The summed E-state index contributed by atoms with van der Waals surface area (Å²) in [7, 11) is 0. The summed E-state index contributed by atoms with van der Waals surface area (Å²) in [6, 6.07) is 4.10. The molecule has 0 bridgehead atoms. The van der Waals surface area contributed by atoms with Crippen LogP contribution in [0.1, 0.15) is 11.4 Å². The molecule has 0 saturated carbocycles. The van der Waals surface area contributed by atoms with Crippen LogP contribution in [0.25, 0.3) is 16.6 Å². The molecule has 1 aromatic carbocycles. The van der Waals surface area contributed by atoms with Crippen LogP contribution in [0, 0.1) is 6.92 Å². The lowest BCUT2D eigenvalue weighted by molar-refractivity contribution is 0.829. The van der Waals surface area contributed by atoms with E-state index in [1.165, 1.54) is 0 Å². The van der Waals surface area contributed by atoms with Gasteiger partial charge < -0.3 is 10.3 Å². The number of rotatable bonds is 4. The zero-order valence-corrected chi connectivity index (χ0v) is 13.6. The highest BCUT2D eigenvalue weighted by molar-refractivity contribution is 6.33. The molecule has 23 heavy (non-hydrogen) atoms. The Morgan fingerprint density at radius 1 is 1.35 bits per heavy atom. The van der Waals surface area contributed by atoms with Gasteiger partial charge in [-0.15, -0.1) is 0 Å². The second kappa shape index (κ2) is 6.71. The molecule has 3 rings (SSSR count). The summed E-state index contributed by atoms with van der Waals surface area (Å²) in [5.41, 5.74) is 3.74. The summed E-state index contributed by atoms with van der Waals surface area (Å²) in [6.45, 7) is 5.83. The predicted molar refractivity (Wildman–Crippen MR) is 98.4 cm³/mol. The van der Waals surface area contributed by atoms with Gasteiger partial charge in [-0.2, -0.15) is 0 Å². The van der Waals surface area contributed by atoms with E-state index in [4.69, 9.17) is 11.6 Å². The number of aromatic nitrogens is 2. The highest BCUT2D eigenvalue weighted by Crippen LogP contribution is 2.29. The Bertz CT molecular complexity index is 853. The first-order valence-electron chi connectivity index (χ1n) is 7.44. The van der Waals surface area contributed by atoms with Gasteiger partial charge in [0.2, 0.25) is 0 Å². The minimum atomic E-state index is 0.203. The van der Waals surface area contributed by atoms with E-state index in [9.17, 15) is 0 Å². The summed E-state index contributed by atoms with van der Waals surface area (Å²) < 4.78 is 0. The fourth-order valence-electron chi connectivity index (χ4n) is 2.51. The Morgan fingerprint density at radius 3 is 2.96 bits per heavy atom. The summed E-state index contributed by atoms with van der Waals surface area (Å²) in [5.74, 6) is 0.875. The van der Waals surface area contributed by atoms with Crippen LogP contribution in [0.5, 0.6) is 0 Å². The largest absolute Gasteiger partial charge is 0.381 e. The maximum absolute atomic E-state index is 6.42. The Balaban J connectivity index is 1.90. The molecule has 2 aromatic rings. The number of imidazole rings is 1. The van der Waals surface area contributed by atoms with E-state index in [1.54, 1.807) is 6.08 Å². The number of hydrogen-bond acceptors (Lipinski definition) is 2. The first-order chi connectivity index (χ1) is 11.2. The SMILES string of the molecule is C=C/C(=C\C=C\C1C=CC=CN1)c1cc2nc(C)[nH]c2cc1Cl. The fraction of sp³-hybridized carbons (Fsp3) is 0.105. The van der Waals surface area contributed by atoms with Crippen molar-refractivity contribution in [3.05, 3.63) is 83.9 Å². The normalized spacial score (nSPS) is 17.8. The molecule has 2 heterocycles. The van der Waals surface area contributed by atoms with E-state index < -0.39 is 0 Å². The van der Waals surface area contributed by atoms with Crippen LogP contribution in [0.15, 0.2) is 67.4 Å². The number of dihydropyridines is 1. The lowest BCUT2D eigenvalue weighted by atomic mass is 10.0. The quantitative estimate of drug-likeness (QED) is 0.801. The number of nitrogens with one attached hydrogen (secondary N) is 2. The second-order valence-corrected chi connectivity index (χ2v) is 5.73. The molecule has 0 radical (unpaired) electrons. The molecule has 0 fully saturated rings. The van der Waals surface area contributed by atoms with Crippen molar-refractivity contribution in [2.24, 2.45) is 0 Å². The lowest BCUT2D eigenvalue weighted by Gasteiger charge is -2.10. The van der Waals surface area contributed by atoms with Crippen LogP contribution in [0.3, 0.4) is 0 Å². The van der Waals surface area contributed by atoms with Crippen molar-refractivity contribution in [2.45, 2.75) is 13.0 Å². The van der Waals surface area contributed by atoms with Crippen molar-refractivity contribution < 1.29 is 0 Å². The van der Waals surface area contributed by atoms with Gasteiger partial charge in [0, 0.05) is 5.56 Å². The maximum Gasteiger partial charge on any atom is 0.104 e. The Kier molecular flexibility index (Phi) is 4.49. The first kappa shape index (κ1) is 15.4. The van der Waals surface area contributed by atoms with Gasteiger partial charge >= 0.3 is 0 Å². The number of halogens is 1. The third-order valence-corrected chi connectivity index (χ3v) is 3.94.